The highest BCUT2D eigenvalue weighted by atomic mass is 28.5. The molecular formula is C42H104O12Si5. The van der Waals surface area contributed by atoms with Crippen molar-refractivity contribution in [3.8, 4) is 0 Å². The maximum Gasteiger partial charge on any atom is 0.494 e. The molecule has 0 radical (unpaired) electrons. The van der Waals surface area contributed by atoms with Gasteiger partial charge in [0.2, 0.25) is 0 Å². The summed E-state index contributed by atoms with van der Waals surface area (Å²) in [6.07, 6.45) is 8.25. The highest BCUT2D eigenvalue weighted by Crippen LogP contribution is 2.24. The summed E-state index contributed by atoms with van der Waals surface area (Å²) in [6.45, 7) is 42.9. The SMILES string of the molecule is CCCOC(C)C.CCCOC(C)C.CCCO[Si](C)(C)C.CCCO[Si](C)(C)C.[3H]C[Si](C)(OCCC)OC(OCCC)O[Si](C[3H])(OCCC)O[Si](C[3H])(OC)OCCC. The monoisotopic (exact) mass is 947 g/mol. The standard InChI is InChI=1S/C18H44O8Si3.2C6H16OSi.2C6H14O/c1-10-14-20-18(24-27(6,7)21-15-11-2)25-29(9,23-17-13-4)26-28(8,19-5)22-16-12-3;2*1-5-6-7-8(2,3)4;2*1-4-5-7-6(2)3/h18H,10-17H2,1-9H3;2*5-6H2,1-4H3;2*6H,4-5H2,1-3H3/i6T,8T,9T;;;;. The molecule has 0 saturated carbocycles. The Balaban J connectivity index is -0.000000287. The van der Waals surface area contributed by atoms with Crippen LogP contribution < -0.4 is 0 Å². The summed E-state index contributed by atoms with van der Waals surface area (Å²) in [5, 5.41) is 0. The molecule has 0 aromatic rings. The van der Waals surface area contributed by atoms with Crippen molar-refractivity contribution in [3.05, 3.63) is 0 Å². The second-order valence-electron chi connectivity index (χ2n) is 16.5. The third kappa shape index (κ3) is 58.6. The minimum absolute atomic E-state index is 0.0441. The summed E-state index contributed by atoms with van der Waals surface area (Å²) in [5.74, 6) is 0. The second kappa shape index (κ2) is 42.5. The molecule has 0 N–H and O–H groups in total. The van der Waals surface area contributed by atoms with E-state index in [0.717, 1.165) is 65.0 Å². The molecule has 0 aromatic heterocycles. The van der Waals surface area contributed by atoms with Crippen molar-refractivity contribution in [2.45, 2.75) is 219 Å². The van der Waals surface area contributed by atoms with E-state index in [0.29, 0.717) is 51.5 Å². The minimum Gasteiger partial charge on any atom is -0.418 e. The Bertz CT molecular complexity index is 882. The Labute approximate surface area is 377 Å². The molecule has 0 spiro atoms. The Hall–Kier alpha value is 0.604. The van der Waals surface area contributed by atoms with Crippen molar-refractivity contribution in [2.24, 2.45) is 0 Å². The first kappa shape index (κ1) is 61.7. The molecule has 0 rings (SSSR count). The maximum atomic E-state index is 8.22. The molecule has 0 fully saturated rings. The zero-order valence-electron chi connectivity index (χ0n) is 45.6. The largest absolute Gasteiger partial charge is 0.494 e. The van der Waals surface area contributed by atoms with E-state index in [9.17, 15) is 0 Å². The zero-order chi connectivity index (χ0) is 49.2. The molecule has 0 aliphatic carbocycles. The van der Waals surface area contributed by atoms with E-state index in [1.807, 2.05) is 27.7 Å². The summed E-state index contributed by atoms with van der Waals surface area (Å²) >= 11 is 0. The lowest BCUT2D eigenvalue weighted by atomic mass is 10.4. The minimum atomic E-state index is -3.76. The summed E-state index contributed by atoms with van der Waals surface area (Å²) in [6, 6.07) is 0. The number of rotatable bonds is 31. The van der Waals surface area contributed by atoms with Crippen molar-refractivity contribution in [1.29, 1.82) is 0 Å². The summed E-state index contributed by atoms with van der Waals surface area (Å²) in [7, 11) is -11.1. The fourth-order valence-electron chi connectivity index (χ4n) is 3.50. The topological polar surface area (TPSA) is 111 Å². The van der Waals surface area contributed by atoms with E-state index in [1.165, 1.54) is 7.11 Å². The van der Waals surface area contributed by atoms with Crippen LogP contribution in [0.25, 0.3) is 0 Å². The average Bonchev–Trinajstić information content (AvgIpc) is 3.22. The highest BCUT2D eigenvalue weighted by molar-refractivity contribution is 6.73. The van der Waals surface area contributed by atoms with Gasteiger partial charge < -0.3 is 53.7 Å². The van der Waals surface area contributed by atoms with E-state index in [2.05, 4.69) is 94.7 Å². The first-order chi connectivity index (χ1) is 28.9. The van der Waals surface area contributed by atoms with E-state index in [-0.39, 0.29) is 19.6 Å². The van der Waals surface area contributed by atoms with Crippen molar-refractivity contribution in [1.82, 2.24) is 0 Å². The maximum absolute atomic E-state index is 8.22. The molecule has 0 aromatic carbocycles. The Morgan fingerprint density at radius 2 is 0.746 bits per heavy atom. The van der Waals surface area contributed by atoms with Crippen molar-refractivity contribution < 1.29 is 57.8 Å². The number of hydrogen-bond acceptors (Lipinski definition) is 12. The fraction of sp³-hybridized carbons (Fsp3) is 1.00. The van der Waals surface area contributed by atoms with Crippen LogP contribution in [0, 0.1) is 0 Å². The molecule has 364 valence electrons. The predicted molar refractivity (Wildman–Crippen MR) is 262 cm³/mol. The van der Waals surface area contributed by atoms with E-state index < -0.39 is 49.3 Å². The van der Waals surface area contributed by atoms with Gasteiger partial charge in [0.1, 0.15) is 0 Å². The molecule has 17 heteroatoms. The molecule has 0 aliphatic rings. The van der Waals surface area contributed by atoms with Crippen LogP contribution in [0.5, 0.6) is 0 Å². The molecular weight excluding hydrogens is 837 g/mol. The molecule has 0 bridgehead atoms. The second-order valence-corrected chi connectivity index (χ2v) is 33.1. The van der Waals surface area contributed by atoms with Crippen LogP contribution in [0.1, 0.15) is 139 Å². The molecule has 59 heavy (non-hydrogen) atoms. The van der Waals surface area contributed by atoms with Crippen LogP contribution in [0.3, 0.4) is 0 Å². The van der Waals surface area contributed by atoms with Crippen LogP contribution >= 0.6 is 0 Å². The van der Waals surface area contributed by atoms with Gasteiger partial charge in [0.25, 0.3) is 6.48 Å². The van der Waals surface area contributed by atoms with E-state index in [1.54, 1.807) is 6.55 Å². The van der Waals surface area contributed by atoms with Gasteiger partial charge in [-0.25, -0.2) is 0 Å². The van der Waals surface area contributed by atoms with Gasteiger partial charge >= 0.3 is 26.2 Å². The molecule has 0 amide bonds. The molecule has 4 atom stereocenters. The van der Waals surface area contributed by atoms with Gasteiger partial charge in [-0.2, -0.15) is 0 Å². The first-order valence-corrected chi connectivity index (χ1v) is 35.7. The normalized spacial score (nSPS) is 15.9. The zero-order valence-corrected chi connectivity index (χ0v) is 47.6. The summed E-state index contributed by atoms with van der Waals surface area (Å²) in [4.78, 5) is 0. The van der Waals surface area contributed by atoms with Crippen molar-refractivity contribution in [2.75, 3.05) is 60.0 Å². The average molecular weight is 948 g/mol. The number of hydrogen-bond donors (Lipinski definition) is 0. The quantitative estimate of drug-likeness (QED) is 0.0487. The Morgan fingerprint density at radius 3 is 1.02 bits per heavy atom. The van der Waals surface area contributed by atoms with Crippen molar-refractivity contribution >= 4 is 42.8 Å². The third-order valence-corrected chi connectivity index (χ3v) is 14.7. The van der Waals surface area contributed by atoms with Crippen LogP contribution in [-0.2, 0) is 53.7 Å². The van der Waals surface area contributed by atoms with Gasteiger partial charge in [0.15, 0.2) is 16.6 Å². The highest BCUT2D eigenvalue weighted by Gasteiger charge is 2.49. The van der Waals surface area contributed by atoms with Gasteiger partial charge in [-0.15, -0.1) is 0 Å². The molecule has 0 heterocycles. The molecule has 4 unspecified atom stereocenters. The van der Waals surface area contributed by atoms with Gasteiger partial charge in [0.05, 0.1) is 18.8 Å². The van der Waals surface area contributed by atoms with Crippen LogP contribution in [0.2, 0.25) is 65.4 Å². The molecule has 12 nitrogen and oxygen atoms in total. The predicted octanol–water partition coefficient (Wildman–Crippen LogP) is 12.7. The van der Waals surface area contributed by atoms with E-state index >= 15 is 0 Å². The first-order valence-electron chi connectivity index (χ1n) is 24.6. The summed E-state index contributed by atoms with van der Waals surface area (Å²) in [5.41, 5.74) is 0. The number of ether oxygens (including phenoxy) is 3. The van der Waals surface area contributed by atoms with Gasteiger partial charge in [0, 0.05) is 70.5 Å². The van der Waals surface area contributed by atoms with E-state index in [4.69, 9.17) is 57.8 Å². The Kier molecular flexibility index (Phi) is 44.5. The Morgan fingerprint density at radius 1 is 0.407 bits per heavy atom. The lowest BCUT2D eigenvalue weighted by Gasteiger charge is -2.37. The molecule has 0 aliphatic heterocycles. The smallest absolute Gasteiger partial charge is 0.418 e. The molecule has 0 saturated heterocycles. The van der Waals surface area contributed by atoms with Crippen LogP contribution in [-0.4, -0.2) is 121 Å². The lowest BCUT2D eigenvalue weighted by molar-refractivity contribution is -0.231. The van der Waals surface area contributed by atoms with Gasteiger partial charge in [-0.05, 0) is 131 Å². The van der Waals surface area contributed by atoms with Gasteiger partial charge in [-0.3, -0.25) is 0 Å². The van der Waals surface area contributed by atoms with Crippen LogP contribution in [0.4, 0.5) is 0 Å². The van der Waals surface area contributed by atoms with Crippen molar-refractivity contribution in [3.63, 3.8) is 0 Å². The fourth-order valence-corrected chi connectivity index (χ4v) is 11.0. The third-order valence-electron chi connectivity index (χ3n) is 6.15. The van der Waals surface area contributed by atoms with Crippen LogP contribution in [0.15, 0.2) is 0 Å². The summed E-state index contributed by atoms with van der Waals surface area (Å²) < 4.78 is 92.9. The van der Waals surface area contributed by atoms with Gasteiger partial charge in [-0.1, -0.05) is 55.4 Å². The lowest BCUT2D eigenvalue weighted by Crippen LogP contribution is -2.58.